The molecule has 0 amide bonds. The number of hydrogen-bond donors (Lipinski definition) is 1. The number of aliphatic hydroxyl groups excluding tert-OH is 1. The number of rotatable bonds is 5. The molecule has 1 N–H and O–H groups in total. The van der Waals surface area contributed by atoms with Crippen LogP contribution in [0.15, 0.2) is 30.3 Å². The van der Waals surface area contributed by atoms with E-state index in [0.29, 0.717) is 4.88 Å². The Kier molecular flexibility index (Phi) is 4.15. The number of nitro benzene ring substituents is 1. The standard InChI is InChI=1S/C12H10N2O6S/c1-7(15)11-6-10(14(18)19)12(21-11)20-9-4-2-3-8(5-9)13(16)17/h2-7,15H,1H3/t7-/m0/s1. The van der Waals surface area contributed by atoms with Crippen molar-refractivity contribution in [2.75, 3.05) is 0 Å². The summed E-state index contributed by atoms with van der Waals surface area (Å²) >= 11 is 0.921. The fourth-order valence-corrected chi connectivity index (χ4v) is 2.49. The minimum atomic E-state index is -0.865. The molecule has 0 aliphatic carbocycles. The molecule has 0 unspecified atom stereocenters. The van der Waals surface area contributed by atoms with Crippen molar-refractivity contribution >= 4 is 22.7 Å². The second-order valence-corrected chi connectivity index (χ2v) is 5.16. The summed E-state index contributed by atoms with van der Waals surface area (Å²) in [5.74, 6) is 0.117. The van der Waals surface area contributed by atoms with Gasteiger partial charge in [-0.15, -0.1) is 0 Å². The van der Waals surface area contributed by atoms with Crippen molar-refractivity contribution in [2.24, 2.45) is 0 Å². The number of hydrogen-bond acceptors (Lipinski definition) is 7. The number of benzene rings is 1. The second kappa shape index (κ2) is 5.85. The predicted octanol–water partition coefficient (Wildman–Crippen LogP) is 3.41. The van der Waals surface area contributed by atoms with Crippen LogP contribution >= 0.6 is 11.3 Å². The number of thiophene rings is 1. The van der Waals surface area contributed by atoms with Crippen molar-refractivity contribution in [3.05, 3.63) is 55.4 Å². The van der Waals surface area contributed by atoms with Crippen LogP contribution in [0.25, 0.3) is 0 Å². The Morgan fingerprint density at radius 2 is 1.95 bits per heavy atom. The molecule has 2 aromatic rings. The van der Waals surface area contributed by atoms with Crippen molar-refractivity contribution in [2.45, 2.75) is 13.0 Å². The van der Waals surface area contributed by atoms with Gasteiger partial charge in [-0.3, -0.25) is 20.2 Å². The van der Waals surface area contributed by atoms with Gasteiger partial charge in [0.05, 0.1) is 22.0 Å². The molecule has 0 bridgehead atoms. The average Bonchev–Trinajstić information content (AvgIpc) is 2.83. The molecule has 21 heavy (non-hydrogen) atoms. The Labute approximate surface area is 122 Å². The monoisotopic (exact) mass is 310 g/mol. The van der Waals surface area contributed by atoms with Crippen molar-refractivity contribution < 1.29 is 19.7 Å². The van der Waals surface area contributed by atoms with Gasteiger partial charge >= 0.3 is 5.69 Å². The molecule has 110 valence electrons. The zero-order valence-corrected chi connectivity index (χ0v) is 11.6. The van der Waals surface area contributed by atoms with Crippen LogP contribution in [-0.4, -0.2) is 15.0 Å². The van der Waals surface area contributed by atoms with Gasteiger partial charge in [0.25, 0.3) is 10.8 Å². The highest BCUT2D eigenvalue weighted by Crippen LogP contribution is 2.42. The molecule has 0 spiro atoms. The quantitative estimate of drug-likeness (QED) is 0.668. The number of ether oxygens (including phenoxy) is 1. The third kappa shape index (κ3) is 3.33. The lowest BCUT2D eigenvalue weighted by molar-refractivity contribution is -0.385. The van der Waals surface area contributed by atoms with Gasteiger partial charge < -0.3 is 9.84 Å². The average molecular weight is 310 g/mol. The zero-order valence-electron chi connectivity index (χ0n) is 10.8. The third-order valence-corrected chi connectivity index (χ3v) is 3.72. The molecule has 2 rings (SSSR count). The molecule has 0 radical (unpaired) electrons. The Bertz CT molecular complexity index is 697. The second-order valence-electron chi connectivity index (χ2n) is 4.11. The maximum Gasteiger partial charge on any atom is 0.323 e. The van der Waals surface area contributed by atoms with Gasteiger partial charge in [0, 0.05) is 17.0 Å². The van der Waals surface area contributed by atoms with E-state index in [4.69, 9.17) is 4.74 Å². The minimum Gasteiger partial charge on any atom is -0.440 e. The molecule has 1 aromatic heterocycles. The molecule has 1 aromatic carbocycles. The first kappa shape index (κ1) is 14.9. The van der Waals surface area contributed by atoms with E-state index >= 15 is 0 Å². The summed E-state index contributed by atoms with van der Waals surface area (Å²) in [7, 11) is 0. The maximum absolute atomic E-state index is 11.0. The van der Waals surface area contributed by atoms with E-state index in [9.17, 15) is 25.3 Å². The first-order valence-electron chi connectivity index (χ1n) is 5.77. The fraction of sp³-hybridized carbons (Fsp3) is 0.167. The summed E-state index contributed by atoms with van der Waals surface area (Å²) in [6, 6.07) is 6.56. The number of aliphatic hydroxyl groups is 1. The molecule has 0 saturated heterocycles. The maximum atomic E-state index is 11.0. The van der Waals surface area contributed by atoms with Crippen molar-refractivity contribution in [1.29, 1.82) is 0 Å². The third-order valence-electron chi connectivity index (χ3n) is 2.55. The fourth-order valence-electron chi connectivity index (χ4n) is 1.56. The summed E-state index contributed by atoms with van der Waals surface area (Å²) < 4.78 is 5.35. The number of nitrogens with zero attached hydrogens (tertiary/aromatic N) is 2. The molecule has 1 heterocycles. The van der Waals surface area contributed by atoms with E-state index < -0.39 is 16.0 Å². The molecule has 8 nitrogen and oxygen atoms in total. The highest BCUT2D eigenvalue weighted by molar-refractivity contribution is 7.14. The lowest BCUT2D eigenvalue weighted by Gasteiger charge is -2.02. The van der Waals surface area contributed by atoms with Gasteiger partial charge in [0.2, 0.25) is 0 Å². The van der Waals surface area contributed by atoms with E-state index in [1.54, 1.807) is 0 Å². The van der Waals surface area contributed by atoms with Gasteiger partial charge in [-0.25, -0.2) is 0 Å². The summed E-state index contributed by atoms with van der Waals surface area (Å²) in [5.41, 5.74) is -0.468. The van der Waals surface area contributed by atoms with E-state index in [-0.39, 0.29) is 22.2 Å². The van der Waals surface area contributed by atoms with Crippen molar-refractivity contribution in [3.63, 3.8) is 0 Å². The molecule has 0 aliphatic rings. The molecular weight excluding hydrogens is 300 g/mol. The van der Waals surface area contributed by atoms with E-state index in [0.717, 1.165) is 11.3 Å². The Balaban J connectivity index is 2.36. The lowest BCUT2D eigenvalue weighted by atomic mass is 10.3. The van der Waals surface area contributed by atoms with Crippen LogP contribution < -0.4 is 4.74 Å². The summed E-state index contributed by atoms with van der Waals surface area (Å²) in [6.45, 7) is 1.48. The molecule has 9 heteroatoms. The van der Waals surface area contributed by atoms with E-state index in [1.807, 2.05) is 0 Å². The van der Waals surface area contributed by atoms with Crippen LogP contribution in [0.2, 0.25) is 0 Å². The minimum absolute atomic E-state index is 0.0311. The molecule has 0 fully saturated rings. The van der Waals surface area contributed by atoms with Gasteiger partial charge in [-0.1, -0.05) is 17.4 Å². The normalized spacial score (nSPS) is 11.9. The predicted molar refractivity (Wildman–Crippen MR) is 74.8 cm³/mol. The van der Waals surface area contributed by atoms with Crippen molar-refractivity contribution in [3.8, 4) is 10.8 Å². The number of non-ortho nitro benzene ring substituents is 1. The van der Waals surface area contributed by atoms with Crippen LogP contribution in [0.3, 0.4) is 0 Å². The largest absolute Gasteiger partial charge is 0.440 e. The Morgan fingerprint density at radius 3 is 2.52 bits per heavy atom. The summed E-state index contributed by atoms with van der Waals surface area (Å²) in [5, 5.41) is 31.1. The topological polar surface area (TPSA) is 116 Å². The highest BCUT2D eigenvalue weighted by Gasteiger charge is 2.23. The van der Waals surface area contributed by atoms with Gasteiger partial charge in [-0.05, 0) is 13.0 Å². The van der Waals surface area contributed by atoms with Gasteiger partial charge in [0.1, 0.15) is 5.75 Å². The SMILES string of the molecule is C[C@H](O)c1cc([N+](=O)[O-])c(Oc2cccc([N+](=O)[O-])c2)s1. The number of nitro groups is 2. The van der Waals surface area contributed by atoms with Crippen molar-refractivity contribution in [1.82, 2.24) is 0 Å². The van der Waals surface area contributed by atoms with Gasteiger partial charge in [-0.2, -0.15) is 0 Å². The molecule has 0 aliphatic heterocycles. The van der Waals surface area contributed by atoms with Crippen LogP contribution in [0.4, 0.5) is 11.4 Å². The first-order valence-corrected chi connectivity index (χ1v) is 6.58. The van der Waals surface area contributed by atoms with Crippen LogP contribution in [-0.2, 0) is 0 Å². The summed E-state index contributed by atoms with van der Waals surface area (Å²) in [6.07, 6.45) is -0.865. The molecular formula is C12H10N2O6S. The highest BCUT2D eigenvalue weighted by atomic mass is 32.1. The Hall–Kier alpha value is -2.52. The van der Waals surface area contributed by atoms with E-state index in [1.165, 1.54) is 37.3 Å². The Morgan fingerprint density at radius 1 is 1.24 bits per heavy atom. The van der Waals surface area contributed by atoms with Crippen LogP contribution in [0, 0.1) is 20.2 Å². The smallest absolute Gasteiger partial charge is 0.323 e. The first-order chi connectivity index (χ1) is 9.88. The molecule has 0 saturated carbocycles. The summed E-state index contributed by atoms with van der Waals surface area (Å²) in [4.78, 5) is 20.8. The lowest BCUT2D eigenvalue weighted by Crippen LogP contribution is -1.91. The van der Waals surface area contributed by atoms with Crippen LogP contribution in [0.1, 0.15) is 17.9 Å². The van der Waals surface area contributed by atoms with E-state index in [2.05, 4.69) is 0 Å². The zero-order chi connectivity index (χ0) is 15.6. The molecule has 1 atom stereocenters. The van der Waals surface area contributed by atoms with Crippen LogP contribution in [0.5, 0.6) is 10.8 Å². The van der Waals surface area contributed by atoms with Gasteiger partial charge in [0.15, 0.2) is 0 Å².